The van der Waals surface area contributed by atoms with Crippen molar-refractivity contribution in [3.8, 4) is 5.75 Å². The highest BCUT2D eigenvalue weighted by atomic mass is 16.5. The number of methoxy groups -OCH3 is 1. The summed E-state index contributed by atoms with van der Waals surface area (Å²) in [6.45, 7) is 4.47. The third kappa shape index (κ3) is 3.72. The predicted molar refractivity (Wildman–Crippen MR) is 74.9 cm³/mol. The minimum Gasteiger partial charge on any atom is -0.496 e. The van der Waals surface area contributed by atoms with Crippen LogP contribution in [0.3, 0.4) is 0 Å². The monoisotopic (exact) mass is 248 g/mol. The van der Waals surface area contributed by atoms with Gasteiger partial charge >= 0.3 is 0 Å². The van der Waals surface area contributed by atoms with Crippen molar-refractivity contribution in [1.82, 2.24) is 10.2 Å². The third-order valence-electron chi connectivity index (χ3n) is 3.66. The molecule has 1 aromatic rings. The Bertz CT molecular complexity index is 367. The highest BCUT2D eigenvalue weighted by Crippen LogP contribution is 2.18. The summed E-state index contributed by atoms with van der Waals surface area (Å²) in [5.41, 5.74) is 1.24. The molecular formula is C15H24N2O. The van der Waals surface area contributed by atoms with Crippen molar-refractivity contribution in [2.75, 3.05) is 33.8 Å². The van der Waals surface area contributed by atoms with Gasteiger partial charge in [-0.2, -0.15) is 0 Å². The molecule has 3 nitrogen and oxygen atoms in total. The van der Waals surface area contributed by atoms with Gasteiger partial charge < -0.3 is 15.0 Å². The normalized spacial score (nSPS) is 20.9. The summed E-state index contributed by atoms with van der Waals surface area (Å²) in [6.07, 6.45) is 2.68. The van der Waals surface area contributed by atoms with E-state index in [9.17, 15) is 0 Å². The lowest BCUT2D eigenvalue weighted by Gasteiger charge is -2.29. The molecule has 3 heteroatoms. The minimum absolute atomic E-state index is 0.790. The fraction of sp³-hybridized carbons (Fsp3) is 0.600. The second-order valence-corrected chi connectivity index (χ2v) is 5.21. The van der Waals surface area contributed by atoms with E-state index in [-0.39, 0.29) is 0 Å². The van der Waals surface area contributed by atoms with Crippen molar-refractivity contribution < 1.29 is 4.74 Å². The lowest BCUT2D eigenvalue weighted by atomic mass is 9.98. The van der Waals surface area contributed by atoms with Gasteiger partial charge in [0.1, 0.15) is 5.75 Å². The van der Waals surface area contributed by atoms with Gasteiger partial charge in [0.05, 0.1) is 7.11 Å². The van der Waals surface area contributed by atoms with Gasteiger partial charge in [0.2, 0.25) is 0 Å². The molecule has 1 fully saturated rings. The van der Waals surface area contributed by atoms with E-state index in [1.165, 1.54) is 31.5 Å². The van der Waals surface area contributed by atoms with Crippen LogP contribution in [-0.2, 0) is 6.54 Å². The Morgan fingerprint density at radius 3 is 3.00 bits per heavy atom. The number of ether oxygens (including phenoxy) is 1. The number of piperidine rings is 1. The number of rotatable bonds is 5. The van der Waals surface area contributed by atoms with Crippen LogP contribution in [-0.4, -0.2) is 38.7 Å². The summed E-state index contributed by atoms with van der Waals surface area (Å²) >= 11 is 0. The van der Waals surface area contributed by atoms with Gasteiger partial charge in [-0.25, -0.2) is 0 Å². The Hall–Kier alpha value is -1.06. The van der Waals surface area contributed by atoms with E-state index < -0.39 is 0 Å². The Balaban J connectivity index is 1.77. The van der Waals surface area contributed by atoms with Gasteiger partial charge in [0, 0.05) is 18.7 Å². The molecule has 100 valence electrons. The molecule has 1 aliphatic heterocycles. The number of likely N-dealkylation sites (tertiary alicyclic amines) is 1. The van der Waals surface area contributed by atoms with E-state index in [1.54, 1.807) is 7.11 Å². The first-order chi connectivity index (χ1) is 8.79. The molecule has 0 aromatic heterocycles. The van der Waals surface area contributed by atoms with Crippen molar-refractivity contribution in [3.05, 3.63) is 29.8 Å². The minimum atomic E-state index is 0.790. The highest BCUT2D eigenvalue weighted by Gasteiger charge is 2.16. The zero-order chi connectivity index (χ0) is 12.8. The molecule has 2 rings (SSSR count). The number of benzene rings is 1. The maximum Gasteiger partial charge on any atom is 0.123 e. The summed E-state index contributed by atoms with van der Waals surface area (Å²) in [7, 11) is 3.95. The molecule has 1 N–H and O–H groups in total. The molecule has 1 aromatic carbocycles. The summed E-state index contributed by atoms with van der Waals surface area (Å²) in [5.74, 6) is 1.77. The first-order valence-corrected chi connectivity index (χ1v) is 6.80. The molecular weight excluding hydrogens is 224 g/mol. The van der Waals surface area contributed by atoms with Crippen LogP contribution in [0.2, 0.25) is 0 Å². The van der Waals surface area contributed by atoms with Crippen molar-refractivity contribution in [2.24, 2.45) is 5.92 Å². The second kappa shape index (κ2) is 6.76. The molecule has 1 unspecified atom stereocenters. The average Bonchev–Trinajstić information content (AvgIpc) is 2.39. The molecule has 1 heterocycles. The number of para-hydroxylation sites is 1. The van der Waals surface area contributed by atoms with Crippen LogP contribution >= 0.6 is 0 Å². The first kappa shape index (κ1) is 13.4. The van der Waals surface area contributed by atoms with Crippen molar-refractivity contribution >= 4 is 0 Å². The van der Waals surface area contributed by atoms with Crippen LogP contribution in [0.15, 0.2) is 24.3 Å². The molecule has 1 aliphatic rings. The van der Waals surface area contributed by atoms with Gasteiger partial charge in [-0.3, -0.25) is 0 Å². The number of hydrogen-bond donors (Lipinski definition) is 1. The van der Waals surface area contributed by atoms with E-state index in [0.717, 1.165) is 24.8 Å². The molecule has 1 atom stereocenters. The lowest BCUT2D eigenvalue weighted by Crippen LogP contribution is -2.37. The topological polar surface area (TPSA) is 24.5 Å². The molecule has 18 heavy (non-hydrogen) atoms. The molecule has 0 radical (unpaired) electrons. The van der Waals surface area contributed by atoms with Crippen LogP contribution in [0, 0.1) is 5.92 Å². The molecule has 0 amide bonds. The SMILES string of the molecule is COc1ccccc1CNCC1CCCN(C)C1. The zero-order valence-electron chi connectivity index (χ0n) is 11.5. The van der Waals surface area contributed by atoms with E-state index >= 15 is 0 Å². The lowest BCUT2D eigenvalue weighted by molar-refractivity contribution is 0.206. The largest absolute Gasteiger partial charge is 0.496 e. The maximum atomic E-state index is 5.36. The Morgan fingerprint density at radius 2 is 2.22 bits per heavy atom. The summed E-state index contributed by atoms with van der Waals surface area (Å²) < 4.78 is 5.36. The van der Waals surface area contributed by atoms with Crippen LogP contribution in [0.4, 0.5) is 0 Å². The van der Waals surface area contributed by atoms with Crippen molar-refractivity contribution in [1.29, 1.82) is 0 Å². The fourth-order valence-corrected chi connectivity index (χ4v) is 2.70. The number of nitrogens with zero attached hydrogens (tertiary/aromatic N) is 1. The fourth-order valence-electron chi connectivity index (χ4n) is 2.70. The van der Waals surface area contributed by atoms with E-state index in [1.807, 2.05) is 12.1 Å². The average molecular weight is 248 g/mol. The Kier molecular flexibility index (Phi) is 5.02. The Labute approximate surface area is 110 Å². The standard InChI is InChI=1S/C15H24N2O/c1-17-9-5-6-13(12-17)10-16-11-14-7-3-4-8-15(14)18-2/h3-4,7-8,13,16H,5-6,9-12H2,1-2H3. The zero-order valence-corrected chi connectivity index (χ0v) is 11.5. The second-order valence-electron chi connectivity index (χ2n) is 5.21. The summed E-state index contributed by atoms with van der Waals surface area (Å²) in [4.78, 5) is 2.43. The van der Waals surface area contributed by atoms with Crippen LogP contribution in [0.5, 0.6) is 5.75 Å². The van der Waals surface area contributed by atoms with Crippen LogP contribution in [0.25, 0.3) is 0 Å². The highest BCUT2D eigenvalue weighted by molar-refractivity contribution is 5.32. The predicted octanol–water partition coefficient (Wildman–Crippen LogP) is 2.13. The van der Waals surface area contributed by atoms with Crippen molar-refractivity contribution in [3.63, 3.8) is 0 Å². The molecule has 0 bridgehead atoms. The van der Waals surface area contributed by atoms with Gasteiger partial charge in [-0.1, -0.05) is 18.2 Å². The van der Waals surface area contributed by atoms with Crippen LogP contribution < -0.4 is 10.1 Å². The molecule has 1 saturated heterocycles. The number of hydrogen-bond acceptors (Lipinski definition) is 3. The number of nitrogens with one attached hydrogen (secondary N) is 1. The Morgan fingerprint density at radius 1 is 1.39 bits per heavy atom. The van der Waals surface area contributed by atoms with E-state index in [4.69, 9.17) is 4.74 Å². The first-order valence-electron chi connectivity index (χ1n) is 6.80. The molecule has 0 spiro atoms. The quantitative estimate of drug-likeness (QED) is 0.864. The van der Waals surface area contributed by atoms with Crippen LogP contribution in [0.1, 0.15) is 18.4 Å². The maximum absolute atomic E-state index is 5.36. The van der Waals surface area contributed by atoms with Gasteiger partial charge in [0.25, 0.3) is 0 Å². The van der Waals surface area contributed by atoms with Gasteiger partial charge in [0.15, 0.2) is 0 Å². The van der Waals surface area contributed by atoms with E-state index in [0.29, 0.717) is 0 Å². The van der Waals surface area contributed by atoms with Gasteiger partial charge in [-0.05, 0) is 45.0 Å². The molecule has 0 saturated carbocycles. The van der Waals surface area contributed by atoms with Gasteiger partial charge in [-0.15, -0.1) is 0 Å². The summed E-state index contributed by atoms with van der Waals surface area (Å²) in [6, 6.07) is 8.22. The summed E-state index contributed by atoms with van der Waals surface area (Å²) in [5, 5.41) is 3.56. The smallest absolute Gasteiger partial charge is 0.123 e. The third-order valence-corrected chi connectivity index (χ3v) is 3.66. The van der Waals surface area contributed by atoms with Crippen molar-refractivity contribution in [2.45, 2.75) is 19.4 Å². The molecule has 0 aliphatic carbocycles. The van der Waals surface area contributed by atoms with E-state index in [2.05, 4.69) is 29.4 Å².